The second-order valence-corrected chi connectivity index (χ2v) is 8.26. The summed E-state index contributed by atoms with van der Waals surface area (Å²) in [5.41, 5.74) is 2.88. The van der Waals surface area contributed by atoms with Crippen molar-refractivity contribution in [2.24, 2.45) is 0 Å². The first-order valence-corrected chi connectivity index (χ1v) is 9.46. The molecule has 0 saturated carbocycles. The number of hydrogen-bond donors (Lipinski definition) is 0. The smallest absolute Gasteiger partial charge is 0.188 e. The predicted molar refractivity (Wildman–Crippen MR) is 103 cm³/mol. The molecule has 1 unspecified atom stereocenters. The molecule has 0 fully saturated rings. The van der Waals surface area contributed by atoms with Crippen LogP contribution in [-0.2, 0) is 0 Å². The van der Waals surface area contributed by atoms with Crippen LogP contribution in [0.1, 0.15) is 61.0 Å². The maximum Gasteiger partial charge on any atom is 0.188 e. The summed E-state index contributed by atoms with van der Waals surface area (Å²) in [6.07, 6.45) is 0. The van der Waals surface area contributed by atoms with E-state index in [9.17, 15) is 4.79 Å². The third kappa shape index (κ3) is 4.35. The van der Waals surface area contributed by atoms with Crippen molar-refractivity contribution >= 4 is 42.6 Å². The van der Waals surface area contributed by atoms with Gasteiger partial charge < -0.3 is 0 Å². The van der Waals surface area contributed by atoms with E-state index >= 15 is 0 Å². The lowest BCUT2D eigenvalue weighted by molar-refractivity contribution is 0.108. The van der Waals surface area contributed by atoms with E-state index in [1.807, 2.05) is 0 Å². The standard InChI is InChI=1S/C19H21Cl2OP/c1-11(2)13-8-9-14(12(3)4)17(10-13)23-19(22)18-15(20)6-5-7-16(18)21/h5-12,23H,1-4H3. The highest BCUT2D eigenvalue weighted by Crippen LogP contribution is 2.32. The predicted octanol–water partition coefficient (Wildman–Crippen LogP) is 6.38. The van der Waals surface area contributed by atoms with Gasteiger partial charge in [0.15, 0.2) is 5.52 Å². The number of halogens is 2. The quantitative estimate of drug-likeness (QED) is 0.560. The molecular formula is C19H21Cl2OP. The number of rotatable bonds is 5. The Morgan fingerprint density at radius 2 is 1.57 bits per heavy atom. The molecule has 1 atom stereocenters. The summed E-state index contributed by atoms with van der Waals surface area (Å²) in [5, 5.41) is 1.93. The first-order valence-electron chi connectivity index (χ1n) is 7.70. The topological polar surface area (TPSA) is 17.1 Å². The molecule has 2 aromatic carbocycles. The molecule has 0 aliphatic heterocycles. The first kappa shape index (κ1) is 18.5. The van der Waals surface area contributed by atoms with Gasteiger partial charge in [0.25, 0.3) is 0 Å². The van der Waals surface area contributed by atoms with Crippen molar-refractivity contribution in [3.8, 4) is 0 Å². The Kier molecular flexibility index (Phi) is 6.26. The minimum atomic E-state index is -0.0107. The van der Waals surface area contributed by atoms with Gasteiger partial charge in [-0.15, -0.1) is 0 Å². The Morgan fingerprint density at radius 3 is 2.09 bits per heavy atom. The summed E-state index contributed by atoms with van der Waals surface area (Å²) in [6, 6.07) is 11.6. The summed E-state index contributed by atoms with van der Waals surface area (Å²) < 4.78 is 0. The molecule has 0 amide bonds. The largest absolute Gasteiger partial charge is 0.289 e. The summed E-state index contributed by atoms with van der Waals surface area (Å²) in [7, 11) is 0.0214. The molecule has 0 N–H and O–H groups in total. The maximum absolute atomic E-state index is 12.8. The summed E-state index contributed by atoms with van der Waals surface area (Å²) in [6.45, 7) is 8.60. The molecule has 4 heteroatoms. The Bertz CT molecular complexity index is 703. The van der Waals surface area contributed by atoms with Crippen LogP contribution in [0.4, 0.5) is 0 Å². The Labute approximate surface area is 150 Å². The van der Waals surface area contributed by atoms with Gasteiger partial charge >= 0.3 is 0 Å². The van der Waals surface area contributed by atoms with E-state index in [2.05, 4.69) is 45.9 Å². The van der Waals surface area contributed by atoms with Crippen LogP contribution in [0.25, 0.3) is 0 Å². The highest BCUT2D eigenvalue weighted by Gasteiger charge is 2.18. The average molecular weight is 367 g/mol. The van der Waals surface area contributed by atoms with Crippen molar-refractivity contribution in [3.05, 3.63) is 63.1 Å². The van der Waals surface area contributed by atoms with E-state index in [0.29, 0.717) is 27.4 Å². The lowest BCUT2D eigenvalue weighted by Crippen LogP contribution is -2.11. The Morgan fingerprint density at radius 1 is 0.957 bits per heavy atom. The maximum atomic E-state index is 12.8. The normalized spacial score (nSPS) is 11.8. The van der Waals surface area contributed by atoms with Gasteiger partial charge in [0, 0.05) is 0 Å². The highest BCUT2D eigenvalue weighted by molar-refractivity contribution is 7.66. The molecule has 0 bridgehead atoms. The van der Waals surface area contributed by atoms with E-state index in [1.54, 1.807) is 18.2 Å². The molecule has 0 aliphatic rings. The van der Waals surface area contributed by atoms with Crippen molar-refractivity contribution in [2.45, 2.75) is 39.5 Å². The number of hydrogen-bond acceptors (Lipinski definition) is 1. The van der Waals surface area contributed by atoms with E-state index in [1.165, 1.54) is 11.1 Å². The zero-order valence-corrected chi connectivity index (χ0v) is 16.3. The van der Waals surface area contributed by atoms with Crippen molar-refractivity contribution < 1.29 is 4.79 Å². The number of benzene rings is 2. The zero-order valence-electron chi connectivity index (χ0n) is 13.8. The van der Waals surface area contributed by atoms with Gasteiger partial charge in [-0.25, -0.2) is 0 Å². The minimum Gasteiger partial charge on any atom is -0.289 e. The van der Waals surface area contributed by atoms with E-state index < -0.39 is 0 Å². The number of carbonyl (C=O) groups excluding carboxylic acids is 1. The monoisotopic (exact) mass is 366 g/mol. The molecule has 0 saturated heterocycles. The summed E-state index contributed by atoms with van der Waals surface area (Å²) in [5.74, 6) is 0.798. The molecular weight excluding hydrogens is 346 g/mol. The SMILES string of the molecule is CC(C)c1ccc(C(C)C)c(PC(=O)c2c(Cl)cccc2Cl)c1. The van der Waals surface area contributed by atoms with Crippen LogP contribution in [0.2, 0.25) is 10.0 Å². The van der Waals surface area contributed by atoms with Crippen LogP contribution in [0.3, 0.4) is 0 Å². The fraction of sp³-hybridized carbons (Fsp3) is 0.316. The molecule has 23 heavy (non-hydrogen) atoms. The van der Waals surface area contributed by atoms with Crippen LogP contribution < -0.4 is 5.30 Å². The third-order valence-electron chi connectivity index (χ3n) is 3.80. The molecule has 0 heterocycles. The summed E-state index contributed by atoms with van der Waals surface area (Å²) >= 11 is 12.3. The Hall–Kier alpha value is -0.880. The molecule has 0 radical (unpaired) electrons. The molecule has 122 valence electrons. The minimum absolute atomic E-state index is 0.0107. The molecule has 0 aliphatic carbocycles. The second kappa shape index (κ2) is 7.79. The molecule has 0 spiro atoms. The van der Waals surface area contributed by atoms with Gasteiger partial charge in [-0.2, -0.15) is 0 Å². The van der Waals surface area contributed by atoms with Crippen molar-refractivity contribution in [2.75, 3.05) is 0 Å². The van der Waals surface area contributed by atoms with Crippen LogP contribution in [0.5, 0.6) is 0 Å². The lowest BCUT2D eigenvalue weighted by atomic mass is 9.97. The Balaban J connectivity index is 2.42. The third-order valence-corrected chi connectivity index (χ3v) is 5.61. The fourth-order valence-electron chi connectivity index (χ4n) is 2.44. The zero-order chi connectivity index (χ0) is 17.1. The van der Waals surface area contributed by atoms with Crippen LogP contribution >= 0.6 is 31.8 Å². The van der Waals surface area contributed by atoms with Crippen LogP contribution in [0.15, 0.2) is 36.4 Å². The molecule has 0 aromatic heterocycles. The fourth-order valence-corrected chi connectivity index (χ4v) is 4.57. The first-order chi connectivity index (χ1) is 10.8. The number of carbonyl (C=O) groups is 1. The molecule has 2 aromatic rings. The van der Waals surface area contributed by atoms with Crippen molar-refractivity contribution in [1.82, 2.24) is 0 Å². The van der Waals surface area contributed by atoms with Crippen molar-refractivity contribution in [3.63, 3.8) is 0 Å². The van der Waals surface area contributed by atoms with E-state index in [-0.39, 0.29) is 14.1 Å². The van der Waals surface area contributed by atoms with E-state index in [0.717, 1.165) is 5.30 Å². The van der Waals surface area contributed by atoms with Gasteiger partial charge in [-0.3, -0.25) is 4.79 Å². The van der Waals surface area contributed by atoms with E-state index in [4.69, 9.17) is 23.2 Å². The van der Waals surface area contributed by atoms with Crippen LogP contribution in [-0.4, -0.2) is 5.52 Å². The lowest BCUT2D eigenvalue weighted by Gasteiger charge is -2.16. The van der Waals surface area contributed by atoms with Gasteiger partial charge in [0.05, 0.1) is 15.6 Å². The summed E-state index contributed by atoms with van der Waals surface area (Å²) in [4.78, 5) is 12.8. The van der Waals surface area contributed by atoms with Crippen molar-refractivity contribution in [1.29, 1.82) is 0 Å². The van der Waals surface area contributed by atoms with Gasteiger partial charge in [-0.05, 0) is 49.0 Å². The molecule has 1 nitrogen and oxygen atoms in total. The average Bonchev–Trinajstić information content (AvgIpc) is 2.46. The highest BCUT2D eigenvalue weighted by atomic mass is 35.5. The molecule has 2 rings (SSSR count). The van der Waals surface area contributed by atoms with Gasteiger partial charge in [0.1, 0.15) is 0 Å². The second-order valence-electron chi connectivity index (χ2n) is 6.21. The van der Waals surface area contributed by atoms with Gasteiger partial charge in [-0.1, -0.05) is 75.2 Å². The van der Waals surface area contributed by atoms with Gasteiger partial charge in [0.2, 0.25) is 0 Å². The van der Waals surface area contributed by atoms with Crippen LogP contribution in [0, 0.1) is 0 Å².